The first-order valence-electron chi connectivity index (χ1n) is 7.74. The minimum Gasteiger partial charge on any atom is -0.380 e. The Bertz CT molecular complexity index is 737. The first-order valence-corrected chi connectivity index (χ1v) is 9.59. The second-order valence-corrected chi connectivity index (χ2v) is 8.00. The summed E-state index contributed by atoms with van der Waals surface area (Å²) < 4.78 is 35.6. The fourth-order valence-electron chi connectivity index (χ4n) is 3.08. The van der Waals surface area contributed by atoms with Gasteiger partial charge in [0.05, 0.1) is 37.5 Å². The minimum atomic E-state index is -3.49. The fraction of sp³-hybridized carbons (Fsp3) is 0.600. The van der Waals surface area contributed by atoms with Crippen molar-refractivity contribution in [2.75, 3.05) is 31.8 Å². The molecule has 132 valence electrons. The Morgan fingerprint density at radius 1 is 1.50 bits per heavy atom. The van der Waals surface area contributed by atoms with Gasteiger partial charge in [0.15, 0.2) is 0 Å². The van der Waals surface area contributed by atoms with E-state index in [-0.39, 0.29) is 18.6 Å². The van der Waals surface area contributed by atoms with E-state index in [1.807, 2.05) is 6.07 Å². The van der Waals surface area contributed by atoms with Gasteiger partial charge in [-0.25, -0.2) is 8.42 Å². The lowest BCUT2D eigenvalue weighted by Crippen LogP contribution is -2.42. The van der Waals surface area contributed by atoms with Crippen LogP contribution in [0.2, 0.25) is 0 Å². The van der Waals surface area contributed by atoms with Gasteiger partial charge in [0.2, 0.25) is 15.9 Å². The summed E-state index contributed by atoms with van der Waals surface area (Å²) in [6.07, 6.45) is 3.49. The number of anilines is 1. The van der Waals surface area contributed by atoms with Crippen LogP contribution < -0.4 is 5.32 Å². The summed E-state index contributed by atoms with van der Waals surface area (Å²) in [5, 5.41) is 2.76. The third-order valence-electron chi connectivity index (χ3n) is 4.35. The molecule has 24 heavy (non-hydrogen) atoms. The lowest BCUT2D eigenvalue weighted by atomic mass is 10.1. The SMILES string of the molecule is CO[C@H]1C[C@H](C(=O)Nc2cnc3c(c2)COCC3)N(S(C)(=O)=O)C1. The Balaban J connectivity index is 1.76. The Labute approximate surface area is 141 Å². The van der Waals surface area contributed by atoms with E-state index in [1.54, 1.807) is 6.20 Å². The van der Waals surface area contributed by atoms with E-state index in [0.29, 0.717) is 25.3 Å². The van der Waals surface area contributed by atoms with Gasteiger partial charge in [-0.05, 0) is 6.07 Å². The molecule has 0 spiro atoms. The summed E-state index contributed by atoms with van der Waals surface area (Å²) in [7, 11) is -1.98. The Hall–Kier alpha value is -1.55. The van der Waals surface area contributed by atoms with Crippen LogP contribution in [0.1, 0.15) is 17.7 Å². The topological polar surface area (TPSA) is 97.8 Å². The van der Waals surface area contributed by atoms with E-state index >= 15 is 0 Å². The van der Waals surface area contributed by atoms with Crippen LogP contribution >= 0.6 is 0 Å². The Kier molecular flexibility index (Phi) is 4.86. The highest BCUT2D eigenvalue weighted by Gasteiger charge is 2.41. The van der Waals surface area contributed by atoms with Crippen LogP contribution in [0.25, 0.3) is 0 Å². The first-order chi connectivity index (χ1) is 11.4. The summed E-state index contributed by atoms with van der Waals surface area (Å²) >= 11 is 0. The van der Waals surface area contributed by atoms with Gasteiger partial charge in [-0.15, -0.1) is 0 Å². The van der Waals surface area contributed by atoms with E-state index in [2.05, 4.69) is 10.3 Å². The molecule has 0 bridgehead atoms. The summed E-state index contributed by atoms with van der Waals surface area (Å²) in [4.78, 5) is 16.9. The molecule has 1 aromatic rings. The number of fused-ring (bicyclic) bond motifs is 1. The maximum Gasteiger partial charge on any atom is 0.242 e. The van der Waals surface area contributed by atoms with Crippen molar-refractivity contribution in [2.45, 2.75) is 31.6 Å². The van der Waals surface area contributed by atoms with Gasteiger partial charge in [0, 0.05) is 37.8 Å². The fourth-order valence-corrected chi connectivity index (χ4v) is 4.16. The van der Waals surface area contributed by atoms with Crippen molar-refractivity contribution in [3.63, 3.8) is 0 Å². The van der Waals surface area contributed by atoms with Gasteiger partial charge in [-0.2, -0.15) is 4.31 Å². The lowest BCUT2D eigenvalue weighted by Gasteiger charge is -2.21. The number of ether oxygens (including phenoxy) is 2. The lowest BCUT2D eigenvalue weighted by molar-refractivity contribution is -0.119. The molecule has 1 fully saturated rings. The van der Waals surface area contributed by atoms with Gasteiger partial charge in [-0.1, -0.05) is 0 Å². The number of amides is 1. The molecule has 8 nitrogen and oxygen atoms in total. The third-order valence-corrected chi connectivity index (χ3v) is 5.60. The van der Waals surface area contributed by atoms with Crippen LogP contribution in [0, 0.1) is 0 Å². The van der Waals surface area contributed by atoms with Crippen LogP contribution in [0.15, 0.2) is 12.3 Å². The average Bonchev–Trinajstić information content (AvgIpc) is 2.99. The largest absolute Gasteiger partial charge is 0.380 e. The number of nitrogens with one attached hydrogen (secondary N) is 1. The Morgan fingerprint density at radius 2 is 2.29 bits per heavy atom. The number of nitrogens with zero attached hydrogens (tertiary/aromatic N) is 2. The number of carbonyl (C=O) groups is 1. The zero-order valence-electron chi connectivity index (χ0n) is 13.7. The van der Waals surface area contributed by atoms with Crippen LogP contribution in [0.3, 0.4) is 0 Å². The number of pyridine rings is 1. The van der Waals surface area contributed by atoms with Crippen molar-refractivity contribution in [2.24, 2.45) is 0 Å². The molecule has 1 amide bonds. The van der Waals surface area contributed by atoms with E-state index in [4.69, 9.17) is 9.47 Å². The van der Waals surface area contributed by atoms with Gasteiger partial charge in [0.1, 0.15) is 6.04 Å². The number of sulfonamides is 1. The quantitative estimate of drug-likeness (QED) is 0.825. The molecule has 0 unspecified atom stereocenters. The molecule has 0 aromatic carbocycles. The number of hydrogen-bond donors (Lipinski definition) is 1. The predicted octanol–water partition coefficient (Wildman–Crippen LogP) is 0.142. The number of carbonyl (C=O) groups excluding carboxylic acids is 1. The summed E-state index contributed by atoms with van der Waals surface area (Å²) in [5.74, 6) is -0.376. The van der Waals surface area contributed by atoms with E-state index in [9.17, 15) is 13.2 Å². The number of hydrogen-bond acceptors (Lipinski definition) is 6. The second-order valence-electron chi connectivity index (χ2n) is 6.06. The molecule has 3 rings (SSSR count). The third kappa shape index (κ3) is 3.59. The number of rotatable bonds is 4. The molecule has 1 N–H and O–H groups in total. The predicted molar refractivity (Wildman–Crippen MR) is 87.0 cm³/mol. The number of aromatic nitrogens is 1. The molecule has 2 aliphatic rings. The van der Waals surface area contributed by atoms with Crippen LogP contribution in [-0.2, 0) is 37.3 Å². The van der Waals surface area contributed by atoms with Crippen LogP contribution in [0.4, 0.5) is 5.69 Å². The molecule has 3 heterocycles. The van der Waals surface area contributed by atoms with Gasteiger partial charge < -0.3 is 14.8 Å². The zero-order valence-corrected chi connectivity index (χ0v) is 14.5. The second kappa shape index (κ2) is 6.75. The van der Waals surface area contributed by atoms with Crippen molar-refractivity contribution >= 4 is 21.6 Å². The first kappa shape index (κ1) is 17.3. The molecule has 0 saturated carbocycles. The molecule has 2 atom stereocenters. The molecular formula is C15H21N3O5S. The average molecular weight is 355 g/mol. The highest BCUT2D eigenvalue weighted by molar-refractivity contribution is 7.88. The maximum atomic E-state index is 12.6. The summed E-state index contributed by atoms with van der Waals surface area (Å²) in [6.45, 7) is 1.30. The van der Waals surface area contributed by atoms with Crippen molar-refractivity contribution in [1.29, 1.82) is 0 Å². The molecule has 0 aliphatic carbocycles. The number of methoxy groups -OCH3 is 1. The summed E-state index contributed by atoms with van der Waals surface area (Å²) in [5.41, 5.74) is 2.45. The smallest absolute Gasteiger partial charge is 0.242 e. The highest BCUT2D eigenvalue weighted by Crippen LogP contribution is 2.25. The maximum absolute atomic E-state index is 12.6. The van der Waals surface area contributed by atoms with Gasteiger partial charge in [-0.3, -0.25) is 9.78 Å². The monoisotopic (exact) mass is 355 g/mol. The van der Waals surface area contributed by atoms with Crippen molar-refractivity contribution < 1.29 is 22.7 Å². The molecule has 1 saturated heterocycles. The van der Waals surface area contributed by atoms with Crippen molar-refractivity contribution in [3.05, 3.63) is 23.5 Å². The van der Waals surface area contributed by atoms with Gasteiger partial charge in [0.25, 0.3) is 0 Å². The van der Waals surface area contributed by atoms with E-state index < -0.39 is 16.1 Å². The summed E-state index contributed by atoms with van der Waals surface area (Å²) in [6, 6.07) is 1.05. The zero-order chi connectivity index (χ0) is 17.3. The molecule has 2 aliphatic heterocycles. The molecule has 0 radical (unpaired) electrons. The van der Waals surface area contributed by atoms with Crippen LogP contribution in [-0.4, -0.2) is 62.3 Å². The normalized spacial score (nSPS) is 24.6. The standard InChI is InChI=1S/C15H21N3O5S/c1-22-12-6-14(18(8-12)24(2,20)21)15(19)17-11-5-10-9-23-4-3-13(10)16-7-11/h5,7,12,14H,3-4,6,8-9H2,1-2H3,(H,17,19)/t12-,14+/m0/s1. The van der Waals surface area contributed by atoms with Crippen molar-refractivity contribution in [3.8, 4) is 0 Å². The van der Waals surface area contributed by atoms with Crippen molar-refractivity contribution in [1.82, 2.24) is 9.29 Å². The van der Waals surface area contributed by atoms with Crippen LogP contribution in [0.5, 0.6) is 0 Å². The minimum absolute atomic E-state index is 0.184. The highest BCUT2D eigenvalue weighted by atomic mass is 32.2. The molecular weight excluding hydrogens is 334 g/mol. The van der Waals surface area contributed by atoms with E-state index in [0.717, 1.165) is 23.9 Å². The molecule has 9 heteroatoms. The van der Waals surface area contributed by atoms with Gasteiger partial charge >= 0.3 is 0 Å². The Morgan fingerprint density at radius 3 is 3.00 bits per heavy atom. The molecule has 1 aromatic heterocycles. The van der Waals surface area contributed by atoms with E-state index in [1.165, 1.54) is 11.4 Å².